The lowest BCUT2D eigenvalue weighted by molar-refractivity contribution is 0.123. The monoisotopic (exact) mass is 257 g/mol. The first-order chi connectivity index (χ1) is 8.24. The van der Waals surface area contributed by atoms with E-state index in [0.29, 0.717) is 5.92 Å². The van der Waals surface area contributed by atoms with Gasteiger partial charge >= 0.3 is 0 Å². The maximum Gasteiger partial charge on any atom is 0.184 e. The van der Waals surface area contributed by atoms with E-state index in [4.69, 9.17) is 22.7 Å². The molecule has 1 unspecified atom stereocenters. The van der Waals surface area contributed by atoms with Crippen molar-refractivity contribution in [1.82, 2.24) is 5.43 Å². The predicted molar refractivity (Wildman–Crippen MR) is 75.0 cm³/mol. The standard InChI is InChI=1S/C12H23N3OS/c1-2-3-8-16-9-7-10-5-4-6-11(10)14-15-12(13)17/h10H,2-9H2,1H3,(H3,13,15,17)/b14-11+. The molecule has 1 saturated carbocycles. The van der Waals surface area contributed by atoms with Crippen LogP contribution in [0.4, 0.5) is 0 Å². The van der Waals surface area contributed by atoms with Gasteiger partial charge in [0.1, 0.15) is 0 Å². The van der Waals surface area contributed by atoms with Crippen molar-refractivity contribution in [2.24, 2.45) is 16.8 Å². The zero-order chi connectivity index (χ0) is 12.5. The quantitative estimate of drug-likeness (QED) is 0.417. The van der Waals surface area contributed by atoms with Crippen LogP contribution in [0.25, 0.3) is 0 Å². The normalized spacial score (nSPS) is 21.9. The molecule has 0 amide bonds. The summed E-state index contributed by atoms with van der Waals surface area (Å²) in [5, 5.41) is 4.50. The first-order valence-corrected chi connectivity index (χ1v) is 6.84. The maximum absolute atomic E-state index is 5.58. The molecule has 1 rings (SSSR count). The van der Waals surface area contributed by atoms with Crippen molar-refractivity contribution in [3.05, 3.63) is 0 Å². The average Bonchev–Trinajstić information content (AvgIpc) is 2.73. The van der Waals surface area contributed by atoms with Gasteiger partial charge < -0.3 is 10.5 Å². The van der Waals surface area contributed by atoms with E-state index in [9.17, 15) is 0 Å². The van der Waals surface area contributed by atoms with E-state index >= 15 is 0 Å². The third-order valence-electron chi connectivity index (χ3n) is 3.02. The van der Waals surface area contributed by atoms with Gasteiger partial charge in [0.2, 0.25) is 0 Å². The number of thiocarbonyl (C=S) groups is 1. The summed E-state index contributed by atoms with van der Waals surface area (Å²) in [5.74, 6) is 0.540. The molecule has 0 aromatic carbocycles. The summed E-state index contributed by atoms with van der Waals surface area (Å²) in [5.41, 5.74) is 9.24. The molecule has 1 atom stereocenters. The van der Waals surface area contributed by atoms with Gasteiger partial charge in [-0.15, -0.1) is 0 Å². The largest absolute Gasteiger partial charge is 0.381 e. The number of nitrogens with zero attached hydrogens (tertiary/aromatic N) is 1. The smallest absolute Gasteiger partial charge is 0.184 e. The second kappa shape index (κ2) is 8.42. The van der Waals surface area contributed by atoms with Crippen LogP contribution in [0.2, 0.25) is 0 Å². The van der Waals surface area contributed by atoms with Crippen molar-refractivity contribution >= 4 is 23.0 Å². The average molecular weight is 257 g/mol. The summed E-state index contributed by atoms with van der Waals surface area (Å²) in [6.45, 7) is 3.88. The second-order valence-corrected chi connectivity index (χ2v) is 4.86. The van der Waals surface area contributed by atoms with E-state index in [0.717, 1.165) is 32.5 Å². The number of ether oxygens (including phenoxy) is 1. The number of nitrogens with one attached hydrogen (secondary N) is 1. The number of rotatable bonds is 7. The van der Waals surface area contributed by atoms with Crippen LogP contribution in [0.1, 0.15) is 45.4 Å². The summed E-state index contributed by atoms with van der Waals surface area (Å²) in [6, 6.07) is 0. The summed E-state index contributed by atoms with van der Waals surface area (Å²) in [7, 11) is 0. The fraction of sp³-hybridized carbons (Fsp3) is 0.833. The van der Waals surface area contributed by atoms with E-state index in [1.165, 1.54) is 25.0 Å². The lowest BCUT2D eigenvalue weighted by atomic mass is 10.0. The van der Waals surface area contributed by atoms with Gasteiger partial charge in [0.15, 0.2) is 5.11 Å². The topological polar surface area (TPSA) is 59.6 Å². The molecule has 98 valence electrons. The Bertz CT molecular complexity index is 268. The highest BCUT2D eigenvalue weighted by Gasteiger charge is 2.22. The zero-order valence-electron chi connectivity index (χ0n) is 10.6. The lowest BCUT2D eigenvalue weighted by Gasteiger charge is -2.11. The molecule has 1 aliphatic rings. The second-order valence-electron chi connectivity index (χ2n) is 4.42. The fourth-order valence-corrected chi connectivity index (χ4v) is 2.11. The first-order valence-electron chi connectivity index (χ1n) is 6.43. The van der Waals surface area contributed by atoms with Crippen molar-refractivity contribution in [1.29, 1.82) is 0 Å². The van der Waals surface area contributed by atoms with Crippen LogP contribution in [-0.4, -0.2) is 24.0 Å². The Morgan fingerprint density at radius 2 is 2.41 bits per heavy atom. The van der Waals surface area contributed by atoms with Crippen molar-refractivity contribution in [3.8, 4) is 0 Å². The van der Waals surface area contributed by atoms with E-state index in [-0.39, 0.29) is 5.11 Å². The van der Waals surface area contributed by atoms with Crippen molar-refractivity contribution in [3.63, 3.8) is 0 Å². The molecular formula is C12H23N3OS. The minimum absolute atomic E-state index is 0.238. The van der Waals surface area contributed by atoms with Crippen molar-refractivity contribution in [2.45, 2.75) is 45.4 Å². The maximum atomic E-state index is 5.58. The van der Waals surface area contributed by atoms with Crippen molar-refractivity contribution < 1.29 is 4.74 Å². The fourth-order valence-electron chi connectivity index (χ4n) is 2.06. The molecular weight excluding hydrogens is 234 g/mol. The number of unbranched alkanes of at least 4 members (excludes halogenated alkanes) is 1. The molecule has 17 heavy (non-hydrogen) atoms. The van der Waals surface area contributed by atoms with Gasteiger partial charge in [-0.25, -0.2) is 0 Å². The summed E-state index contributed by atoms with van der Waals surface area (Å²) in [6.07, 6.45) is 6.85. The molecule has 0 aromatic rings. The molecule has 0 heterocycles. The van der Waals surface area contributed by atoms with Gasteiger partial charge in [-0.3, -0.25) is 5.43 Å². The highest BCUT2D eigenvalue weighted by atomic mass is 32.1. The van der Waals surface area contributed by atoms with E-state index in [1.54, 1.807) is 0 Å². The summed E-state index contributed by atoms with van der Waals surface area (Å²) >= 11 is 4.74. The Balaban J connectivity index is 2.22. The summed E-state index contributed by atoms with van der Waals surface area (Å²) < 4.78 is 5.58. The molecule has 1 aliphatic carbocycles. The van der Waals surface area contributed by atoms with Gasteiger partial charge in [0, 0.05) is 24.8 Å². The molecule has 1 fully saturated rings. The molecule has 5 heteroatoms. The minimum atomic E-state index is 0.238. The molecule has 3 N–H and O–H groups in total. The van der Waals surface area contributed by atoms with E-state index in [1.807, 2.05) is 0 Å². The zero-order valence-corrected chi connectivity index (χ0v) is 11.4. The van der Waals surface area contributed by atoms with Gasteiger partial charge in [-0.1, -0.05) is 13.3 Å². The predicted octanol–water partition coefficient (Wildman–Crippen LogP) is 2.18. The lowest BCUT2D eigenvalue weighted by Crippen LogP contribution is -2.26. The Morgan fingerprint density at radius 1 is 1.59 bits per heavy atom. The number of nitrogens with two attached hydrogens (primary N) is 1. The van der Waals surface area contributed by atoms with Crippen molar-refractivity contribution in [2.75, 3.05) is 13.2 Å². The SMILES string of the molecule is CCCCOCCC1CCC/C1=N\NC(N)=S. The molecule has 0 spiro atoms. The number of hydrazone groups is 1. The Hall–Kier alpha value is -0.680. The van der Waals surface area contributed by atoms with Crippen LogP contribution in [0.5, 0.6) is 0 Å². The van der Waals surface area contributed by atoms with Crippen LogP contribution in [0.3, 0.4) is 0 Å². The molecule has 0 radical (unpaired) electrons. The van der Waals surface area contributed by atoms with Crippen LogP contribution in [0, 0.1) is 5.92 Å². The van der Waals surface area contributed by atoms with E-state index < -0.39 is 0 Å². The Kier molecular flexibility index (Phi) is 7.12. The van der Waals surface area contributed by atoms with Crippen LogP contribution < -0.4 is 11.2 Å². The Labute approximate surface area is 109 Å². The molecule has 0 bridgehead atoms. The minimum Gasteiger partial charge on any atom is -0.381 e. The van der Waals surface area contributed by atoms with Gasteiger partial charge in [-0.05, 0) is 44.3 Å². The van der Waals surface area contributed by atoms with E-state index in [2.05, 4.69) is 17.5 Å². The van der Waals surface area contributed by atoms with Gasteiger partial charge in [0.25, 0.3) is 0 Å². The van der Waals surface area contributed by atoms with Crippen LogP contribution in [-0.2, 0) is 4.74 Å². The highest BCUT2D eigenvalue weighted by molar-refractivity contribution is 7.80. The molecule has 0 aliphatic heterocycles. The third kappa shape index (κ3) is 5.98. The highest BCUT2D eigenvalue weighted by Crippen LogP contribution is 2.25. The Morgan fingerprint density at radius 3 is 3.12 bits per heavy atom. The number of hydrogen-bond donors (Lipinski definition) is 2. The van der Waals surface area contributed by atoms with Crippen LogP contribution in [0.15, 0.2) is 5.10 Å². The molecule has 4 nitrogen and oxygen atoms in total. The first kappa shape index (κ1) is 14.4. The number of hydrogen-bond acceptors (Lipinski definition) is 3. The van der Waals surface area contributed by atoms with Gasteiger partial charge in [0.05, 0.1) is 0 Å². The van der Waals surface area contributed by atoms with Gasteiger partial charge in [-0.2, -0.15) is 5.10 Å². The van der Waals surface area contributed by atoms with Crippen LogP contribution >= 0.6 is 12.2 Å². The molecule has 0 aromatic heterocycles. The third-order valence-corrected chi connectivity index (χ3v) is 3.11. The molecule has 0 saturated heterocycles. The summed E-state index contributed by atoms with van der Waals surface area (Å²) in [4.78, 5) is 0.